The predicted octanol–water partition coefficient (Wildman–Crippen LogP) is 3.46. The van der Waals surface area contributed by atoms with Crippen molar-refractivity contribution in [1.82, 2.24) is 0 Å². The minimum Gasteiger partial charge on any atom is -0.492 e. The molecule has 1 aromatic carbocycles. The van der Waals surface area contributed by atoms with E-state index >= 15 is 0 Å². The molecule has 0 unspecified atom stereocenters. The lowest BCUT2D eigenvalue weighted by molar-refractivity contribution is 0.335. The molecule has 0 radical (unpaired) electrons. The number of hydrogen-bond acceptors (Lipinski definition) is 1. The second kappa shape index (κ2) is 3.94. The zero-order valence-electron chi connectivity index (χ0n) is 7.65. The molecule has 0 bridgehead atoms. The number of aryl methyl sites for hydroxylation is 1. The van der Waals surface area contributed by atoms with Gasteiger partial charge in [-0.1, -0.05) is 6.07 Å². The summed E-state index contributed by atoms with van der Waals surface area (Å²) in [5.74, 6) is 0.970. The van der Waals surface area contributed by atoms with E-state index in [0.29, 0.717) is 6.61 Å². The normalized spacial score (nSPS) is 10.0. The first-order valence-corrected chi connectivity index (χ1v) is 4.84. The van der Waals surface area contributed by atoms with E-state index in [2.05, 4.69) is 35.8 Å². The molecule has 1 nitrogen and oxygen atoms in total. The lowest BCUT2D eigenvalue weighted by Crippen LogP contribution is -1.96. The van der Waals surface area contributed by atoms with Crippen molar-refractivity contribution >= 4 is 15.9 Å². The standard InChI is InChI=1S/C10H13BrO/c1-4-12-10-8(3)7(2)5-6-9(10)11/h5-6H,4H2,1-3H3. The van der Waals surface area contributed by atoms with E-state index in [4.69, 9.17) is 4.74 Å². The van der Waals surface area contributed by atoms with Crippen LogP contribution in [0.4, 0.5) is 0 Å². The molecule has 0 saturated heterocycles. The summed E-state index contributed by atoms with van der Waals surface area (Å²) in [6.45, 7) is 6.87. The fourth-order valence-electron chi connectivity index (χ4n) is 1.08. The molecule has 0 N–H and O–H groups in total. The molecule has 0 saturated carbocycles. The van der Waals surface area contributed by atoms with Crippen molar-refractivity contribution in [3.05, 3.63) is 27.7 Å². The van der Waals surface area contributed by atoms with Crippen LogP contribution in [0.5, 0.6) is 5.75 Å². The molecule has 1 rings (SSSR count). The fraction of sp³-hybridized carbons (Fsp3) is 0.400. The molecular weight excluding hydrogens is 216 g/mol. The third kappa shape index (κ3) is 1.81. The number of ether oxygens (including phenoxy) is 1. The van der Waals surface area contributed by atoms with Gasteiger partial charge in [0, 0.05) is 0 Å². The Balaban J connectivity index is 3.14. The van der Waals surface area contributed by atoms with Crippen LogP contribution in [-0.4, -0.2) is 6.61 Å². The highest BCUT2D eigenvalue weighted by Gasteiger charge is 2.05. The van der Waals surface area contributed by atoms with Crippen LogP contribution in [-0.2, 0) is 0 Å². The van der Waals surface area contributed by atoms with E-state index in [1.54, 1.807) is 0 Å². The van der Waals surface area contributed by atoms with Gasteiger partial charge in [-0.2, -0.15) is 0 Å². The highest BCUT2D eigenvalue weighted by molar-refractivity contribution is 9.10. The van der Waals surface area contributed by atoms with Crippen LogP contribution in [0.1, 0.15) is 18.1 Å². The summed E-state index contributed by atoms with van der Waals surface area (Å²) >= 11 is 3.46. The number of hydrogen-bond donors (Lipinski definition) is 0. The lowest BCUT2D eigenvalue weighted by atomic mass is 10.1. The third-order valence-corrected chi connectivity index (χ3v) is 2.54. The first kappa shape index (κ1) is 9.59. The van der Waals surface area contributed by atoms with E-state index in [1.165, 1.54) is 11.1 Å². The largest absolute Gasteiger partial charge is 0.492 e. The molecule has 0 aliphatic carbocycles. The molecule has 66 valence electrons. The average Bonchev–Trinajstić information content (AvgIpc) is 2.06. The average molecular weight is 229 g/mol. The summed E-state index contributed by atoms with van der Waals surface area (Å²) in [7, 11) is 0. The lowest BCUT2D eigenvalue weighted by Gasteiger charge is -2.10. The predicted molar refractivity (Wildman–Crippen MR) is 54.8 cm³/mol. The van der Waals surface area contributed by atoms with Crippen LogP contribution >= 0.6 is 15.9 Å². The summed E-state index contributed by atoms with van der Waals surface area (Å²) in [4.78, 5) is 0. The van der Waals surface area contributed by atoms with E-state index < -0.39 is 0 Å². The van der Waals surface area contributed by atoms with Gasteiger partial charge in [0.1, 0.15) is 5.75 Å². The van der Waals surface area contributed by atoms with Crippen molar-refractivity contribution in [1.29, 1.82) is 0 Å². The van der Waals surface area contributed by atoms with Gasteiger partial charge in [-0.3, -0.25) is 0 Å². The van der Waals surface area contributed by atoms with Gasteiger partial charge < -0.3 is 4.74 Å². The fourth-order valence-corrected chi connectivity index (χ4v) is 1.62. The molecule has 0 spiro atoms. The molecule has 0 aromatic heterocycles. The molecule has 0 aliphatic heterocycles. The molecule has 0 fully saturated rings. The Morgan fingerprint density at radius 1 is 1.33 bits per heavy atom. The van der Waals surface area contributed by atoms with Gasteiger partial charge in [0.25, 0.3) is 0 Å². The second-order valence-corrected chi connectivity index (χ2v) is 3.61. The minimum absolute atomic E-state index is 0.711. The molecule has 2 heteroatoms. The zero-order chi connectivity index (χ0) is 9.14. The molecule has 0 heterocycles. The zero-order valence-corrected chi connectivity index (χ0v) is 9.23. The summed E-state index contributed by atoms with van der Waals surface area (Å²) in [6.07, 6.45) is 0. The molecule has 0 aliphatic rings. The van der Waals surface area contributed by atoms with Gasteiger partial charge in [-0.15, -0.1) is 0 Å². The Labute approximate surface area is 81.9 Å². The van der Waals surface area contributed by atoms with Crippen LogP contribution < -0.4 is 4.74 Å². The highest BCUT2D eigenvalue weighted by Crippen LogP contribution is 2.30. The van der Waals surface area contributed by atoms with Crippen molar-refractivity contribution in [3.8, 4) is 5.75 Å². The maximum absolute atomic E-state index is 5.50. The Hall–Kier alpha value is -0.500. The van der Waals surface area contributed by atoms with E-state index in [9.17, 15) is 0 Å². The quantitative estimate of drug-likeness (QED) is 0.754. The number of rotatable bonds is 2. The van der Waals surface area contributed by atoms with Gasteiger partial charge in [0.05, 0.1) is 11.1 Å². The van der Waals surface area contributed by atoms with Gasteiger partial charge in [-0.25, -0.2) is 0 Å². The Morgan fingerprint density at radius 2 is 2.00 bits per heavy atom. The summed E-state index contributed by atoms with van der Waals surface area (Å²) in [5, 5.41) is 0. The van der Waals surface area contributed by atoms with E-state index in [0.717, 1.165) is 10.2 Å². The first-order valence-electron chi connectivity index (χ1n) is 4.05. The minimum atomic E-state index is 0.711. The molecule has 0 atom stereocenters. The maximum atomic E-state index is 5.50. The maximum Gasteiger partial charge on any atom is 0.136 e. The van der Waals surface area contributed by atoms with Crippen molar-refractivity contribution < 1.29 is 4.74 Å². The van der Waals surface area contributed by atoms with Crippen molar-refractivity contribution in [2.24, 2.45) is 0 Å². The number of halogens is 1. The van der Waals surface area contributed by atoms with Gasteiger partial charge >= 0.3 is 0 Å². The third-order valence-electron chi connectivity index (χ3n) is 1.92. The van der Waals surface area contributed by atoms with Crippen LogP contribution in [0.2, 0.25) is 0 Å². The van der Waals surface area contributed by atoms with E-state index in [-0.39, 0.29) is 0 Å². The first-order chi connectivity index (χ1) is 5.66. The van der Waals surface area contributed by atoms with Gasteiger partial charge in [-0.05, 0) is 53.9 Å². The van der Waals surface area contributed by atoms with Gasteiger partial charge in [0.2, 0.25) is 0 Å². The summed E-state index contributed by atoms with van der Waals surface area (Å²) < 4.78 is 6.54. The SMILES string of the molecule is CCOc1c(Br)ccc(C)c1C. The molecule has 1 aromatic rings. The Kier molecular flexibility index (Phi) is 3.15. The van der Waals surface area contributed by atoms with Gasteiger partial charge in [0.15, 0.2) is 0 Å². The molecule has 0 amide bonds. The topological polar surface area (TPSA) is 9.23 Å². The van der Waals surface area contributed by atoms with Crippen LogP contribution in [0.3, 0.4) is 0 Å². The van der Waals surface area contributed by atoms with Crippen LogP contribution in [0.25, 0.3) is 0 Å². The van der Waals surface area contributed by atoms with Crippen molar-refractivity contribution in [2.75, 3.05) is 6.61 Å². The second-order valence-electron chi connectivity index (χ2n) is 2.75. The van der Waals surface area contributed by atoms with Crippen molar-refractivity contribution in [2.45, 2.75) is 20.8 Å². The smallest absolute Gasteiger partial charge is 0.136 e. The van der Waals surface area contributed by atoms with Crippen LogP contribution in [0.15, 0.2) is 16.6 Å². The Bertz CT molecular complexity index is 281. The highest BCUT2D eigenvalue weighted by atomic mass is 79.9. The summed E-state index contributed by atoms with van der Waals surface area (Å²) in [5.41, 5.74) is 2.48. The van der Waals surface area contributed by atoms with Crippen molar-refractivity contribution in [3.63, 3.8) is 0 Å². The monoisotopic (exact) mass is 228 g/mol. The Morgan fingerprint density at radius 3 is 2.58 bits per heavy atom. The number of benzene rings is 1. The van der Waals surface area contributed by atoms with E-state index in [1.807, 2.05) is 13.0 Å². The molecule has 12 heavy (non-hydrogen) atoms. The van der Waals surface area contributed by atoms with Crippen LogP contribution in [0, 0.1) is 13.8 Å². The molecular formula is C10H13BrO. The summed E-state index contributed by atoms with van der Waals surface area (Å²) in [6, 6.07) is 4.11.